The second-order valence-corrected chi connectivity index (χ2v) is 5.60. The van der Waals surface area contributed by atoms with Crippen molar-refractivity contribution in [1.82, 2.24) is 15.0 Å². The van der Waals surface area contributed by atoms with Crippen LogP contribution >= 0.6 is 0 Å². The number of rotatable bonds is 4. The van der Waals surface area contributed by atoms with Gasteiger partial charge in [-0.25, -0.2) is 0 Å². The van der Waals surface area contributed by atoms with Gasteiger partial charge in [-0.3, -0.25) is 0 Å². The van der Waals surface area contributed by atoms with Crippen molar-refractivity contribution in [1.29, 1.82) is 0 Å². The van der Waals surface area contributed by atoms with Gasteiger partial charge in [0.1, 0.15) is 0 Å². The number of hydrogen-bond donors (Lipinski definition) is 1. The van der Waals surface area contributed by atoms with Gasteiger partial charge in [0.25, 0.3) is 0 Å². The normalized spacial score (nSPS) is 11.5. The molecule has 0 saturated carbocycles. The van der Waals surface area contributed by atoms with Crippen LogP contribution in [-0.2, 0) is 0 Å². The summed E-state index contributed by atoms with van der Waals surface area (Å²) in [4.78, 5) is 1.61. The monoisotopic (exact) mass is 244 g/mol. The summed E-state index contributed by atoms with van der Waals surface area (Å²) >= 11 is 0. The molecule has 0 amide bonds. The number of aromatic nitrogens is 3. The SMILES string of the molecule is CC(C)(C)CCNc1ccc(-n2nccn2)cc1. The molecule has 1 N–H and O–H groups in total. The van der Waals surface area contributed by atoms with Gasteiger partial charge in [0, 0.05) is 12.2 Å². The van der Waals surface area contributed by atoms with E-state index in [0.29, 0.717) is 5.41 Å². The van der Waals surface area contributed by atoms with E-state index in [1.807, 2.05) is 12.1 Å². The Bertz CT molecular complexity index is 465. The van der Waals surface area contributed by atoms with Gasteiger partial charge in [0.15, 0.2) is 0 Å². The molecule has 18 heavy (non-hydrogen) atoms. The first-order valence-electron chi connectivity index (χ1n) is 6.25. The molecule has 0 bridgehead atoms. The minimum atomic E-state index is 0.367. The third-order valence-corrected chi connectivity index (χ3v) is 2.72. The molecule has 96 valence electrons. The Morgan fingerprint density at radius 3 is 2.22 bits per heavy atom. The fourth-order valence-electron chi connectivity index (χ4n) is 1.64. The van der Waals surface area contributed by atoms with E-state index >= 15 is 0 Å². The zero-order valence-corrected chi connectivity index (χ0v) is 11.2. The first-order valence-corrected chi connectivity index (χ1v) is 6.25. The highest BCUT2D eigenvalue weighted by molar-refractivity contribution is 5.48. The summed E-state index contributed by atoms with van der Waals surface area (Å²) in [6.45, 7) is 7.74. The highest BCUT2D eigenvalue weighted by Gasteiger charge is 2.08. The topological polar surface area (TPSA) is 42.7 Å². The molecule has 0 atom stereocenters. The van der Waals surface area contributed by atoms with Crippen LogP contribution < -0.4 is 5.32 Å². The average molecular weight is 244 g/mol. The van der Waals surface area contributed by atoms with Gasteiger partial charge in [-0.2, -0.15) is 15.0 Å². The zero-order valence-electron chi connectivity index (χ0n) is 11.2. The van der Waals surface area contributed by atoms with Crippen LogP contribution in [0.3, 0.4) is 0 Å². The van der Waals surface area contributed by atoms with E-state index in [4.69, 9.17) is 0 Å². The van der Waals surface area contributed by atoms with Crippen molar-refractivity contribution < 1.29 is 0 Å². The maximum Gasteiger partial charge on any atom is 0.0858 e. The summed E-state index contributed by atoms with van der Waals surface area (Å²) in [6.07, 6.45) is 4.50. The molecule has 0 aliphatic rings. The Morgan fingerprint density at radius 2 is 1.67 bits per heavy atom. The van der Waals surface area contributed by atoms with Gasteiger partial charge < -0.3 is 5.32 Å². The molecule has 4 heteroatoms. The molecule has 1 heterocycles. The maximum absolute atomic E-state index is 4.10. The van der Waals surface area contributed by atoms with E-state index < -0.39 is 0 Å². The average Bonchev–Trinajstić information content (AvgIpc) is 2.82. The Balaban J connectivity index is 1.92. The van der Waals surface area contributed by atoms with E-state index in [1.54, 1.807) is 17.2 Å². The van der Waals surface area contributed by atoms with Crippen molar-refractivity contribution >= 4 is 5.69 Å². The maximum atomic E-state index is 4.10. The number of hydrogen-bond acceptors (Lipinski definition) is 3. The molecule has 0 radical (unpaired) electrons. The second-order valence-electron chi connectivity index (χ2n) is 5.60. The molecule has 0 unspecified atom stereocenters. The lowest BCUT2D eigenvalue weighted by molar-refractivity contribution is 0.390. The van der Waals surface area contributed by atoms with Gasteiger partial charge in [-0.1, -0.05) is 20.8 Å². The number of benzene rings is 1. The van der Waals surface area contributed by atoms with Crippen LogP contribution in [0.15, 0.2) is 36.7 Å². The van der Waals surface area contributed by atoms with Crippen LogP contribution in [0, 0.1) is 5.41 Å². The predicted octanol–water partition coefficient (Wildman–Crippen LogP) is 3.12. The molecular formula is C14H20N4. The number of anilines is 1. The van der Waals surface area contributed by atoms with Crippen molar-refractivity contribution in [3.8, 4) is 5.69 Å². The largest absolute Gasteiger partial charge is 0.385 e. The predicted molar refractivity (Wildman–Crippen MR) is 73.9 cm³/mol. The summed E-state index contributed by atoms with van der Waals surface area (Å²) in [6, 6.07) is 8.14. The molecule has 1 aromatic carbocycles. The van der Waals surface area contributed by atoms with Gasteiger partial charge in [0.05, 0.1) is 18.1 Å². The summed E-state index contributed by atoms with van der Waals surface area (Å²) in [5, 5.41) is 11.6. The lowest BCUT2D eigenvalue weighted by Gasteiger charge is -2.18. The lowest BCUT2D eigenvalue weighted by atomic mass is 9.92. The van der Waals surface area contributed by atoms with E-state index in [-0.39, 0.29) is 0 Å². The Kier molecular flexibility index (Phi) is 3.65. The molecule has 0 aliphatic carbocycles. The third-order valence-electron chi connectivity index (χ3n) is 2.72. The van der Waals surface area contributed by atoms with Crippen LogP contribution in [0.1, 0.15) is 27.2 Å². The number of nitrogens with zero attached hydrogens (tertiary/aromatic N) is 3. The van der Waals surface area contributed by atoms with Crippen LogP contribution in [-0.4, -0.2) is 21.5 Å². The molecular weight excluding hydrogens is 224 g/mol. The summed E-state index contributed by atoms with van der Waals surface area (Å²) in [5.41, 5.74) is 2.47. The zero-order chi connectivity index (χ0) is 13.0. The highest BCUT2D eigenvalue weighted by Crippen LogP contribution is 2.19. The number of nitrogens with one attached hydrogen (secondary N) is 1. The first kappa shape index (κ1) is 12.6. The van der Waals surface area contributed by atoms with Crippen LogP contribution in [0.4, 0.5) is 5.69 Å². The van der Waals surface area contributed by atoms with Gasteiger partial charge in [-0.15, -0.1) is 0 Å². The van der Waals surface area contributed by atoms with Crippen molar-refractivity contribution in [2.75, 3.05) is 11.9 Å². The summed E-state index contributed by atoms with van der Waals surface area (Å²) in [7, 11) is 0. The Labute approximate surface area is 108 Å². The van der Waals surface area contributed by atoms with Gasteiger partial charge in [0.2, 0.25) is 0 Å². The molecule has 2 aromatic rings. The van der Waals surface area contributed by atoms with E-state index in [9.17, 15) is 0 Å². The van der Waals surface area contributed by atoms with Gasteiger partial charge in [-0.05, 0) is 36.1 Å². The molecule has 1 aromatic heterocycles. The lowest BCUT2D eigenvalue weighted by Crippen LogP contribution is -2.12. The van der Waals surface area contributed by atoms with Gasteiger partial charge >= 0.3 is 0 Å². The molecule has 0 fully saturated rings. The van der Waals surface area contributed by atoms with Crippen molar-refractivity contribution in [3.05, 3.63) is 36.7 Å². The molecule has 0 spiro atoms. The van der Waals surface area contributed by atoms with Crippen LogP contribution in [0.25, 0.3) is 5.69 Å². The standard InChI is InChI=1S/C14H20N4/c1-14(2,3)8-9-15-12-4-6-13(7-5-12)18-16-10-11-17-18/h4-7,10-11,15H,8-9H2,1-3H3. The molecule has 4 nitrogen and oxygen atoms in total. The second kappa shape index (κ2) is 5.21. The molecule has 0 saturated heterocycles. The van der Waals surface area contributed by atoms with Crippen LogP contribution in [0.2, 0.25) is 0 Å². The van der Waals surface area contributed by atoms with Crippen LogP contribution in [0.5, 0.6) is 0 Å². The third kappa shape index (κ3) is 3.58. The minimum Gasteiger partial charge on any atom is -0.385 e. The molecule has 2 rings (SSSR count). The smallest absolute Gasteiger partial charge is 0.0858 e. The highest BCUT2D eigenvalue weighted by atomic mass is 15.5. The first-order chi connectivity index (χ1) is 8.54. The Morgan fingerprint density at radius 1 is 1.06 bits per heavy atom. The Hall–Kier alpha value is -1.84. The van der Waals surface area contributed by atoms with Crippen molar-refractivity contribution in [2.24, 2.45) is 5.41 Å². The summed E-state index contributed by atoms with van der Waals surface area (Å²) in [5.74, 6) is 0. The van der Waals surface area contributed by atoms with Crippen molar-refractivity contribution in [3.63, 3.8) is 0 Å². The molecule has 0 aliphatic heterocycles. The van der Waals surface area contributed by atoms with E-state index in [2.05, 4.69) is 48.4 Å². The minimum absolute atomic E-state index is 0.367. The van der Waals surface area contributed by atoms with Crippen molar-refractivity contribution in [2.45, 2.75) is 27.2 Å². The quantitative estimate of drug-likeness (QED) is 0.898. The van der Waals surface area contributed by atoms with E-state index in [0.717, 1.165) is 24.3 Å². The fourth-order valence-corrected chi connectivity index (χ4v) is 1.64. The van der Waals surface area contributed by atoms with E-state index in [1.165, 1.54) is 0 Å². The fraction of sp³-hybridized carbons (Fsp3) is 0.429. The summed E-state index contributed by atoms with van der Waals surface area (Å²) < 4.78 is 0.